The Labute approximate surface area is 73.5 Å². The van der Waals surface area contributed by atoms with Crippen LogP contribution >= 0.6 is 15.9 Å². The van der Waals surface area contributed by atoms with Crippen molar-refractivity contribution < 1.29 is 4.74 Å². The summed E-state index contributed by atoms with van der Waals surface area (Å²) >= 11 is 3.42. The monoisotopic (exact) mass is 216 g/mol. The van der Waals surface area contributed by atoms with Gasteiger partial charge < -0.3 is 4.74 Å². The van der Waals surface area contributed by atoms with Crippen molar-refractivity contribution in [1.29, 1.82) is 0 Å². The first-order valence-corrected chi connectivity index (χ1v) is 4.38. The minimum absolute atomic E-state index is 0.366. The number of ether oxygens (including phenoxy) is 1. The lowest BCUT2D eigenvalue weighted by Crippen LogP contribution is -2.21. The van der Waals surface area contributed by atoms with Crippen LogP contribution in [0, 0.1) is 0 Å². The zero-order chi connectivity index (χ0) is 7.84. The molecule has 2 heterocycles. The van der Waals surface area contributed by atoms with Crippen LogP contribution in [0.25, 0.3) is 0 Å². The van der Waals surface area contributed by atoms with Gasteiger partial charge in [0.25, 0.3) is 0 Å². The maximum absolute atomic E-state index is 5.36. The van der Waals surface area contributed by atoms with Crippen LogP contribution in [-0.2, 0) is 11.3 Å². The average Bonchev–Trinajstić information content (AvgIpc) is 2.35. The van der Waals surface area contributed by atoms with Gasteiger partial charge in [0.15, 0.2) is 0 Å². The molecule has 0 bridgehead atoms. The highest BCUT2D eigenvalue weighted by molar-refractivity contribution is 9.10. The van der Waals surface area contributed by atoms with Gasteiger partial charge in [0.2, 0.25) is 0 Å². The average molecular weight is 217 g/mol. The van der Waals surface area contributed by atoms with Crippen LogP contribution < -0.4 is 0 Å². The summed E-state index contributed by atoms with van der Waals surface area (Å²) in [6.07, 6.45) is 1.82. The Hall–Kier alpha value is -0.350. The largest absolute Gasteiger partial charge is 0.373 e. The van der Waals surface area contributed by atoms with Crippen molar-refractivity contribution in [2.75, 3.05) is 6.61 Å². The fraction of sp³-hybridized carbons (Fsp3) is 0.571. The van der Waals surface area contributed by atoms with E-state index in [9.17, 15) is 0 Å². The van der Waals surface area contributed by atoms with Gasteiger partial charge >= 0.3 is 0 Å². The third kappa shape index (κ3) is 1.10. The summed E-state index contributed by atoms with van der Waals surface area (Å²) in [5, 5.41) is 4.23. The topological polar surface area (TPSA) is 27.1 Å². The van der Waals surface area contributed by atoms with Crippen LogP contribution in [0.4, 0.5) is 0 Å². The lowest BCUT2D eigenvalue weighted by atomic mass is 10.3. The quantitative estimate of drug-likeness (QED) is 0.661. The van der Waals surface area contributed by atoms with Gasteiger partial charge in [-0.25, -0.2) is 0 Å². The number of aromatic nitrogens is 2. The normalized spacial score (nSPS) is 23.3. The van der Waals surface area contributed by atoms with Crippen molar-refractivity contribution in [3.8, 4) is 0 Å². The highest BCUT2D eigenvalue weighted by Gasteiger charge is 2.18. The molecular weight excluding hydrogens is 208 g/mol. The SMILES string of the molecule is C[C@@H]1COCc2c(Br)cnn21. The molecule has 2 rings (SSSR count). The van der Waals surface area contributed by atoms with Crippen LogP contribution in [0.5, 0.6) is 0 Å². The van der Waals surface area contributed by atoms with E-state index >= 15 is 0 Å². The lowest BCUT2D eigenvalue weighted by molar-refractivity contribution is 0.0571. The summed E-state index contributed by atoms with van der Waals surface area (Å²) in [4.78, 5) is 0. The van der Waals surface area contributed by atoms with E-state index in [-0.39, 0.29) is 0 Å². The summed E-state index contributed by atoms with van der Waals surface area (Å²) in [6.45, 7) is 3.54. The van der Waals surface area contributed by atoms with Crippen molar-refractivity contribution in [1.82, 2.24) is 9.78 Å². The fourth-order valence-electron chi connectivity index (χ4n) is 1.28. The number of fused-ring (bicyclic) bond motifs is 1. The van der Waals surface area contributed by atoms with Crippen LogP contribution in [0.2, 0.25) is 0 Å². The standard InChI is InChI=1S/C7H9BrN2O/c1-5-3-11-4-7-6(8)2-9-10(5)7/h2,5H,3-4H2,1H3/t5-/m1/s1. The van der Waals surface area contributed by atoms with E-state index in [0.29, 0.717) is 12.6 Å². The smallest absolute Gasteiger partial charge is 0.0897 e. The molecule has 1 aromatic heterocycles. The molecule has 1 aliphatic heterocycles. The van der Waals surface area contributed by atoms with Crippen molar-refractivity contribution in [2.45, 2.75) is 19.6 Å². The van der Waals surface area contributed by atoms with Crippen LogP contribution in [-0.4, -0.2) is 16.4 Å². The first-order chi connectivity index (χ1) is 5.29. The highest BCUT2D eigenvalue weighted by Crippen LogP contribution is 2.24. The first-order valence-electron chi connectivity index (χ1n) is 3.58. The molecule has 0 N–H and O–H groups in total. The molecule has 0 unspecified atom stereocenters. The summed E-state index contributed by atoms with van der Waals surface area (Å²) in [7, 11) is 0. The molecule has 0 spiro atoms. The summed E-state index contributed by atoms with van der Waals surface area (Å²) in [5.41, 5.74) is 1.14. The Balaban J connectivity index is 2.46. The Kier molecular flexibility index (Phi) is 1.73. The molecule has 3 nitrogen and oxygen atoms in total. The van der Waals surface area contributed by atoms with Crippen molar-refractivity contribution in [2.24, 2.45) is 0 Å². The molecule has 1 aromatic rings. The molecule has 1 aliphatic rings. The number of halogens is 1. The maximum atomic E-state index is 5.36. The number of hydrogen-bond donors (Lipinski definition) is 0. The molecule has 60 valence electrons. The van der Waals surface area contributed by atoms with E-state index in [1.807, 2.05) is 10.9 Å². The number of nitrogens with zero attached hydrogens (tertiary/aromatic N) is 2. The summed E-state index contributed by atoms with van der Waals surface area (Å²) < 4.78 is 8.41. The third-order valence-corrected chi connectivity index (χ3v) is 2.53. The van der Waals surface area contributed by atoms with Gasteiger partial charge in [-0.2, -0.15) is 5.10 Å². The highest BCUT2D eigenvalue weighted by atomic mass is 79.9. The molecule has 0 fully saturated rings. The molecule has 11 heavy (non-hydrogen) atoms. The molecular formula is C7H9BrN2O. The zero-order valence-corrected chi connectivity index (χ0v) is 7.84. The number of hydrogen-bond acceptors (Lipinski definition) is 2. The second-order valence-corrected chi connectivity index (χ2v) is 3.60. The van der Waals surface area contributed by atoms with Gasteiger partial charge in [-0.3, -0.25) is 4.68 Å². The van der Waals surface area contributed by atoms with E-state index in [1.54, 1.807) is 0 Å². The van der Waals surface area contributed by atoms with Gasteiger partial charge in [-0.05, 0) is 22.9 Å². The van der Waals surface area contributed by atoms with Crippen LogP contribution in [0.3, 0.4) is 0 Å². The Morgan fingerprint density at radius 3 is 3.36 bits per heavy atom. The van der Waals surface area contributed by atoms with E-state index in [1.165, 1.54) is 0 Å². The van der Waals surface area contributed by atoms with Gasteiger partial charge in [0.1, 0.15) is 0 Å². The Morgan fingerprint density at radius 2 is 2.64 bits per heavy atom. The molecule has 0 aromatic carbocycles. The van der Waals surface area contributed by atoms with Crippen molar-refractivity contribution in [3.63, 3.8) is 0 Å². The fourth-order valence-corrected chi connectivity index (χ4v) is 1.67. The molecule has 0 amide bonds. The van der Waals surface area contributed by atoms with Crippen molar-refractivity contribution in [3.05, 3.63) is 16.4 Å². The van der Waals surface area contributed by atoms with Gasteiger partial charge in [0.05, 0.1) is 35.6 Å². The van der Waals surface area contributed by atoms with E-state index in [0.717, 1.165) is 16.8 Å². The lowest BCUT2D eigenvalue weighted by Gasteiger charge is -2.21. The van der Waals surface area contributed by atoms with Gasteiger partial charge in [-0.15, -0.1) is 0 Å². The summed E-state index contributed by atoms with van der Waals surface area (Å²) in [5.74, 6) is 0. The minimum atomic E-state index is 0.366. The van der Waals surface area contributed by atoms with Crippen molar-refractivity contribution >= 4 is 15.9 Å². The van der Waals surface area contributed by atoms with Crippen LogP contribution in [0.15, 0.2) is 10.7 Å². The molecule has 0 aliphatic carbocycles. The van der Waals surface area contributed by atoms with Crippen LogP contribution in [0.1, 0.15) is 18.7 Å². The Morgan fingerprint density at radius 1 is 1.82 bits per heavy atom. The molecule has 4 heteroatoms. The second kappa shape index (κ2) is 2.60. The molecule has 0 saturated carbocycles. The van der Waals surface area contributed by atoms with Gasteiger partial charge in [0, 0.05) is 0 Å². The van der Waals surface area contributed by atoms with E-state index in [4.69, 9.17) is 4.74 Å². The van der Waals surface area contributed by atoms with Gasteiger partial charge in [-0.1, -0.05) is 0 Å². The second-order valence-electron chi connectivity index (χ2n) is 2.75. The number of rotatable bonds is 0. The summed E-state index contributed by atoms with van der Waals surface area (Å²) in [6, 6.07) is 0.366. The predicted molar refractivity (Wildman–Crippen MR) is 44.3 cm³/mol. The predicted octanol–water partition coefficient (Wildman–Crippen LogP) is 1.74. The Bertz CT molecular complexity index is 271. The molecule has 1 atom stereocenters. The zero-order valence-electron chi connectivity index (χ0n) is 6.25. The van der Waals surface area contributed by atoms with E-state index < -0.39 is 0 Å². The first kappa shape index (κ1) is 7.31. The third-order valence-electron chi connectivity index (χ3n) is 1.86. The minimum Gasteiger partial charge on any atom is -0.373 e. The maximum Gasteiger partial charge on any atom is 0.0897 e. The molecule has 0 radical (unpaired) electrons. The van der Waals surface area contributed by atoms with E-state index in [2.05, 4.69) is 28.0 Å². The molecule has 0 saturated heterocycles.